The van der Waals surface area contributed by atoms with E-state index in [9.17, 15) is 9.59 Å². The van der Waals surface area contributed by atoms with Gasteiger partial charge in [-0.05, 0) is 50.9 Å². The zero-order valence-electron chi connectivity index (χ0n) is 16.0. The lowest BCUT2D eigenvalue weighted by atomic mass is 10.1. The Morgan fingerprint density at radius 2 is 1.78 bits per heavy atom. The summed E-state index contributed by atoms with van der Waals surface area (Å²) in [5.74, 6) is 0.0408. The fourth-order valence-corrected chi connectivity index (χ4v) is 4.63. The third-order valence-corrected chi connectivity index (χ3v) is 6.07. The van der Waals surface area contributed by atoms with E-state index in [0.717, 1.165) is 50.5 Å². The van der Waals surface area contributed by atoms with Crippen molar-refractivity contribution in [1.82, 2.24) is 10.2 Å². The summed E-state index contributed by atoms with van der Waals surface area (Å²) in [6, 6.07) is 8.57. The number of nitrogens with one attached hydrogen (secondary N) is 1. The quantitative estimate of drug-likeness (QED) is 0.832. The molecule has 2 fully saturated rings. The maximum atomic E-state index is 12.9. The lowest BCUT2D eigenvalue weighted by Gasteiger charge is -2.40. The van der Waals surface area contributed by atoms with Crippen LogP contribution in [-0.4, -0.2) is 62.0 Å². The first-order chi connectivity index (χ1) is 13.2. The summed E-state index contributed by atoms with van der Waals surface area (Å²) in [5, 5.41) is 2.96. The van der Waals surface area contributed by atoms with Crippen LogP contribution >= 0.6 is 0 Å². The van der Waals surface area contributed by atoms with E-state index in [1.165, 1.54) is 19.3 Å². The number of benzene rings is 1. The summed E-state index contributed by atoms with van der Waals surface area (Å²) >= 11 is 0. The van der Waals surface area contributed by atoms with Crippen molar-refractivity contribution in [2.24, 2.45) is 0 Å². The molecule has 3 aliphatic rings. The highest BCUT2D eigenvalue weighted by atomic mass is 16.2. The number of nitrogens with zero attached hydrogens (tertiary/aromatic N) is 3. The molecule has 0 radical (unpaired) electrons. The minimum Gasteiger partial charge on any atom is -0.365 e. The Bertz CT molecular complexity index is 687. The Morgan fingerprint density at radius 3 is 2.59 bits per heavy atom. The van der Waals surface area contributed by atoms with Gasteiger partial charge in [0, 0.05) is 45.1 Å². The normalized spacial score (nSPS) is 21.9. The highest BCUT2D eigenvalue weighted by Crippen LogP contribution is 2.39. The van der Waals surface area contributed by atoms with Gasteiger partial charge in [-0.25, -0.2) is 0 Å². The van der Waals surface area contributed by atoms with Gasteiger partial charge in [-0.1, -0.05) is 12.1 Å². The van der Waals surface area contributed by atoms with E-state index in [4.69, 9.17) is 0 Å². The Labute approximate surface area is 161 Å². The summed E-state index contributed by atoms with van der Waals surface area (Å²) in [4.78, 5) is 31.7. The Balaban J connectivity index is 1.29. The molecule has 1 aromatic rings. The molecule has 0 unspecified atom stereocenters. The van der Waals surface area contributed by atoms with Gasteiger partial charge < -0.3 is 20.0 Å². The van der Waals surface area contributed by atoms with Crippen LogP contribution in [0.1, 0.15) is 38.5 Å². The maximum Gasteiger partial charge on any atom is 0.227 e. The predicted octanol–water partition coefficient (Wildman–Crippen LogP) is 1.99. The molecule has 6 nitrogen and oxygen atoms in total. The molecular formula is C21H30N4O2. The minimum atomic E-state index is -0.0182. The van der Waals surface area contributed by atoms with Crippen LogP contribution in [0.15, 0.2) is 24.3 Å². The number of para-hydroxylation sites is 2. The summed E-state index contributed by atoms with van der Waals surface area (Å²) in [7, 11) is 0. The van der Waals surface area contributed by atoms with Crippen molar-refractivity contribution in [2.45, 2.75) is 44.6 Å². The maximum absolute atomic E-state index is 12.9. The number of rotatable bonds is 6. The molecule has 0 spiro atoms. The van der Waals surface area contributed by atoms with Crippen LogP contribution < -0.4 is 15.1 Å². The van der Waals surface area contributed by atoms with Gasteiger partial charge in [0.2, 0.25) is 11.8 Å². The predicted molar refractivity (Wildman–Crippen MR) is 107 cm³/mol. The number of carbonyl (C=O) groups excluding carboxylic acids is 2. The first-order valence-corrected chi connectivity index (χ1v) is 10.4. The van der Waals surface area contributed by atoms with Gasteiger partial charge in [0.1, 0.15) is 0 Å². The molecular weight excluding hydrogens is 340 g/mol. The molecule has 3 aliphatic heterocycles. The van der Waals surface area contributed by atoms with Gasteiger partial charge in [-0.2, -0.15) is 0 Å². The first-order valence-electron chi connectivity index (χ1n) is 10.4. The summed E-state index contributed by atoms with van der Waals surface area (Å²) in [6.07, 6.45) is 5.38. The molecule has 0 aromatic heterocycles. The zero-order valence-corrected chi connectivity index (χ0v) is 16.0. The van der Waals surface area contributed by atoms with E-state index < -0.39 is 0 Å². The lowest BCUT2D eigenvalue weighted by Crippen LogP contribution is -2.48. The highest BCUT2D eigenvalue weighted by molar-refractivity contribution is 5.99. The fraction of sp³-hybridized carbons (Fsp3) is 0.619. The second kappa shape index (κ2) is 8.30. The van der Waals surface area contributed by atoms with Crippen LogP contribution in [0.3, 0.4) is 0 Å². The van der Waals surface area contributed by atoms with E-state index in [-0.39, 0.29) is 24.7 Å². The second-order valence-electron chi connectivity index (χ2n) is 7.88. The highest BCUT2D eigenvalue weighted by Gasteiger charge is 2.35. The molecule has 146 valence electrons. The molecule has 0 aliphatic carbocycles. The SMILES string of the molecule is O=C(CCC(=O)N1C[C@H]2CCCN2c2ccccc21)NCCN1CCCC1. The van der Waals surface area contributed by atoms with E-state index >= 15 is 0 Å². The summed E-state index contributed by atoms with van der Waals surface area (Å²) in [6.45, 7) is 5.69. The van der Waals surface area contributed by atoms with Crippen LogP contribution in [-0.2, 0) is 9.59 Å². The van der Waals surface area contributed by atoms with E-state index in [2.05, 4.69) is 21.2 Å². The van der Waals surface area contributed by atoms with Crippen LogP contribution in [0.2, 0.25) is 0 Å². The third kappa shape index (κ3) is 4.10. The van der Waals surface area contributed by atoms with Crippen molar-refractivity contribution in [3.63, 3.8) is 0 Å². The van der Waals surface area contributed by atoms with Gasteiger partial charge in [0.25, 0.3) is 0 Å². The molecule has 3 heterocycles. The molecule has 4 rings (SSSR count). The molecule has 2 amide bonds. The van der Waals surface area contributed by atoms with Crippen LogP contribution in [0.25, 0.3) is 0 Å². The Kier molecular flexibility index (Phi) is 5.62. The van der Waals surface area contributed by atoms with E-state index in [1.54, 1.807) is 0 Å². The summed E-state index contributed by atoms with van der Waals surface area (Å²) in [5.41, 5.74) is 2.16. The Morgan fingerprint density at radius 1 is 1.00 bits per heavy atom. The van der Waals surface area contributed by atoms with E-state index in [1.807, 2.05) is 23.1 Å². The van der Waals surface area contributed by atoms with Crippen LogP contribution in [0.5, 0.6) is 0 Å². The van der Waals surface area contributed by atoms with Crippen molar-refractivity contribution in [3.05, 3.63) is 24.3 Å². The lowest BCUT2D eigenvalue weighted by molar-refractivity contribution is -0.125. The van der Waals surface area contributed by atoms with Crippen molar-refractivity contribution in [3.8, 4) is 0 Å². The number of hydrogen-bond acceptors (Lipinski definition) is 4. The average Bonchev–Trinajstić information content (AvgIpc) is 3.37. The number of likely N-dealkylation sites (tertiary alicyclic amines) is 1. The molecule has 1 N–H and O–H groups in total. The molecule has 27 heavy (non-hydrogen) atoms. The van der Waals surface area contributed by atoms with Crippen molar-refractivity contribution in [1.29, 1.82) is 0 Å². The number of amides is 2. The monoisotopic (exact) mass is 370 g/mol. The van der Waals surface area contributed by atoms with Gasteiger partial charge in [0.05, 0.1) is 11.4 Å². The van der Waals surface area contributed by atoms with Crippen molar-refractivity contribution >= 4 is 23.2 Å². The average molecular weight is 370 g/mol. The second-order valence-corrected chi connectivity index (χ2v) is 7.88. The molecule has 6 heteroatoms. The van der Waals surface area contributed by atoms with Crippen molar-refractivity contribution in [2.75, 3.05) is 49.1 Å². The standard InChI is InChI=1S/C21H30N4O2/c26-20(22-11-15-23-12-3-4-13-23)9-10-21(27)25-16-17-6-5-14-24(17)18-7-1-2-8-19(18)25/h1-2,7-8,17H,3-6,9-16H2,(H,22,26)/t17-/m1/s1. The molecule has 0 saturated carbocycles. The van der Waals surface area contributed by atoms with Gasteiger partial charge in [0.15, 0.2) is 0 Å². The van der Waals surface area contributed by atoms with Gasteiger partial charge in [-0.15, -0.1) is 0 Å². The van der Waals surface area contributed by atoms with Gasteiger partial charge >= 0.3 is 0 Å². The molecule has 2 saturated heterocycles. The number of fused-ring (bicyclic) bond motifs is 3. The van der Waals surface area contributed by atoms with Crippen molar-refractivity contribution < 1.29 is 9.59 Å². The van der Waals surface area contributed by atoms with Crippen LogP contribution in [0, 0.1) is 0 Å². The molecule has 1 aromatic carbocycles. The topological polar surface area (TPSA) is 55.9 Å². The smallest absolute Gasteiger partial charge is 0.227 e. The first kappa shape index (κ1) is 18.3. The summed E-state index contributed by atoms with van der Waals surface area (Å²) < 4.78 is 0. The number of hydrogen-bond donors (Lipinski definition) is 1. The van der Waals surface area contributed by atoms with Gasteiger partial charge in [-0.3, -0.25) is 9.59 Å². The van der Waals surface area contributed by atoms with Crippen LogP contribution in [0.4, 0.5) is 11.4 Å². The number of anilines is 2. The Hall–Kier alpha value is -2.08. The fourth-order valence-electron chi connectivity index (χ4n) is 4.63. The number of carbonyl (C=O) groups is 2. The van der Waals surface area contributed by atoms with E-state index in [0.29, 0.717) is 12.6 Å². The molecule has 1 atom stereocenters. The minimum absolute atomic E-state index is 0.0182. The molecule has 0 bridgehead atoms. The third-order valence-electron chi connectivity index (χ3n) is 6.07. The zero-order chi connectivity index (χ0) is 18.6. The largest absolute Gasteiger partial charge is 0.365 e.